The molecule has 1 aliphatic carbocycles. The highest BCUT2D eigenvalue weighted by atomic mass is 15.2. The monoisotopic (exact) mass is 642 g/mol. The summed E-state index contributed by atoms with van der Waals surface area (Å²) >= 11 is 0. The molecule has 0 bridgehead atoms. The van der Waals surface area contributed by atoms with Crippen molar-refractivity contribution in [1.29, 1.82) is 0 Å². The fraction of sp³-hybridized carbons (Fsp3) is 0.0652. The highest BCUT2D eigenvalue weighted by Gasteiger charge is 2.35. The molecule has 0 amide bonds. The Labute approximate surface area is 291 Å². The van der Waals surface area contributed by atoms with Gasteiger partial charge in [0.1, 0.15) is 0 Å². The number of fused-ring (bicyclic) bond motifs is 8. The van der Waals surface area contributed by atoms with Gasteiger partial charge in [0.15, 0.2) is 0 Å². The molecule has 0 N–H and O–H groups in total. The third-order valence-corrected chi connectivity index (χ3v) is 10.5. The second-order valence-corrected chi connectivity index (χ2v) is 13.7. The van der Waals surface area contributed by atoms with Crippen LogP contribution in [0.25, 0.3) is 55.8 Å². The molecular weight excluding hydrogens is 609 g/mol. The first-order chi connectivity index (χ1) is 24.6. The van der Waals surface area contributed by atoms with E-state index in [4.69, 9.17) is 4.98 Å². The number of aromatic nitrogens is 3. The van der Waals surface area contributed by atoms with Gasteiger partial charge in [-0.3, -0.25) is 8.97 Å². The first-order valence-electron chi connectivity index (χ1n) is 17.2. The molecule has 9 aromatic rings. The minimum absolute atomic E-state index is 0.0940. The standard InChI is InChI=1S/C46H34N4/c1-46(2)39-15-7-6-14-37(39)38-29-28-36(30-40(38)46)48(33-22-20-32(21-23-33)31-12-4-3-5-13-31)34-24-26-35(27-25-34)49-43-18-10-11-19-44(43)50-42-17-9-8-16-41(42)47-45(49)50/h3-30H,1-2H3. The van der Waals surface area contributed by atoms with E-state index in [-0.39, 0.29) is 5.41 Å². The fourth-order valence-electron chi connectivity index (χ4n) is 8.07. The molecular formula is C46H34N4. The van der Waals surface area contributed by atoms with E-state index in [0.717, 1.165) is 50.6 Å². The zero-order valence-corrected chi connectivity index (χ0v) is 28.0. The molecule has 0 radical (unpaired) electrons. The molecule has 0 saturated heterocycles. The zero-order chi connectivity index (χ0) is 33.4. The lowest BCUT2D eigenvalue weighted by Gasteiger charge is -2.28. The van der Waals surface area contributed by atoms with Crippen LogP contribution in [0.1, 0.15) is 25.0 Å². The van der Waals surface area contributed by atoms with Crippen LogP contribution in [0, 0.1) is 0 Å². The van der Waals surface area contributed by atoms with Crippen molar-refractivity contribution in [1.82, 2.24) is 14.0 Å². The molecule has 10 rings (SSSR count). The van der Waals surface area contributed by atoms with Crippen LogP contribution in [0.5, 0.6) is 0 Å². The van der Waals surface area contributed by atoms with E-state index in [1.54, 1.807) is 0 Å². The van der Waals surface area contributed by atoms with Crippen molar-refractivity contribution in [2.45, 2.75) is 19.3 Å². The SMILES string of the molecule is CC1(C)c2ccccc2-c2ccc(N(c3ccc(-c4ccccc4)cc3)c3ccc(-n4c5ccccc5n5c6ccccc6nc45)cc3)cc21. The van der Waals surface area contributed by atoms with Crippen LogP contribution in [0.2, 0.25) is 0 Å². The number of benzene rings is 7. The molecule has 1 aliphatic rings. The summed E-state index contributed by atoms with van der Waals surface area (Å²) < 4.78 is 4.54. The molecule has 238 valence electrons. The average Bonchev–Trinajstić information content (AvgIpc) is 3.78. The van der Waals surface area contributed by atoms with Gasteiger partial charge in [-0.2, -0.15) is 0 Å². The average molecular weight is 643 g/mol. The molecule has 7 aromatic carbocycles. The van der Waals surface area contributed by atoms with Crippen LogP contribution in [0.4, 0.5) is 17.1 Å². The number of para-hydroxylation sites is 4. The number of rotatable bonds is 5. The van der Waals surface area contributed by atoms with E-state index in [2.05, 4.69) is 198 Å². The third kappa shape index (κ3) is 4.21. The van der Waals surface area contributed by atoms with Crippen LogP contribution >= 0.6 is 0 Å². The van der Waals surface area contributed by atoms with Gasteiger partial charge in [-0.05, 0) is 106 Å². The van der Waals surface area contributed by atoms with Crippen molar-refractivity contribution >= 4 is 44.9 Å². The Bertz CT molecular complexity index is 2710. The van der Waals surface area contributed by atoms with Gasteiger partial charge in [0.2, 0.25) is 5.78 Å². The first kappa shape index (κ1) is 28.6. The minimum Gasteiger partial charge on any atom is -0.310 e. The van der Waals surface area contributed by atoms with E-state index < -0.39 is 0 Å². The predicted octanol–water partition coefficient (Wildman–Crippen LogP) is 11.9. The summed E-state index contributed by atoms with van der Waals surface area (Å²) in [7, 11) is 0. The van der Waals surface area contributed by atoms with Crippen LogP contribution < -0.4 is 4.90 Å². The Morgan fingerprint density at radius 2 is 1.06 bits per heavy atom. The fourth-order valence-corrected chi connectivity index (χ4v) is 8.07. The lowest BCUT2D eigenvalue weighted by molar-refractivity contribution is 0.660. The Morgan fingerprint density at radius 3 is 1.84 bits per heavy atom. The van der Waals surface area contributed by atoms with Crippen molar-refractivity contribution in [3.63, 3.8) is 0 Å². The summed E-state index contributed by atoms with van der Waals surface area (Å²) in [6.45, 7) is 4.69. The molecule has 0 spiro atoms. The van der Waals surface area contributed by atoms with Crippen molar-refractivity contribution in [3.05, 3.63) is 181 Å². The van der Waals surface area contributed by atoms with Gasteiger partial charge >= 0.3 is 0 Å². The molecule has 0 fully saturated rings. The largest absolute Gasteiger partial charge is 0.310 e. The quantitative estimate of drug-likeness (QED) is 0.187. The molecule has 0 atom stereocenters. The number of hydrogen-bond acceptors (Lipinski definition) is 2. The minimum atomic E-state index is -0.0940. The number of nitrogens with zero attached hydrogens (tertiary/aromatic N) is 4. The molecule has 2 heterocycles. The molecule has 4 nitrogen and oxygen atoms in total. The topological polar surface area (TPSA) is 25.5 Å². The van der Waals surface area contributed by atoms with E-state index in [0.29, 0.717) is 0 Å². The van der Waals surface area contributed by atoms with Crippen molar-refractivity contribution in [3.8, 4) is 27.9 Å². The van der Waals surface area contributed by atoms with E-state index in [9.17, 15) is 0 Å². The predicted molar refractivity (Wildman–Crippen MR) is 207 cm³/mol. The van der Waals surface area contributed by atoms with Gasteiger partial charge < -0.3 is 4.90 Å². The van der Waals surface area contributed by atoms with E-state index in [1.807, 2.05) is 0 Å². The summed E-state index contributed by atoms with van der Waals surface area (Å²) in [4.78, 5) is 7.47. The maximum absolute atomic E-state index is 5.09. The van der Waals surface area contributed by atoms with E-state index in [1.165, 1.54) is 33.4 Å². The molecule has 0 unspecified atom stereocenters. The lowest BCUT2D eigenvalue weighted by atomic mass is 9.82. The molecule has 4 heteroatoms. The van der Waals surface area contributed by atoms with E-state index >= 15 is 0 Å². The number of imidazole rings is 2. The highest BCUT2D eigenvalue weighted by Crippen LogP contribution is 2.50. The van der Waals surface area contributed by atoms with Crippen LogP contribution in [0.15, 0.2) is 170 Å². The molecule has 50 heavy (non-hydrogen) atoms. The zero-order valence-electron chi connectivity index (χ0n) is 28.0. The normalized spacial score (nSPS) is 13.2. The molecule has 0 aliphatic heterocycles. The van der Waals surface area contributed by atoms with Crippen LogP contribution in [-0.2, 0) is 5.41 Å². The van der Waals surface area contributed by atoms with Gasteiger partial charge in [-0.15, -0.1) is 0 Å². The summed E-state index contributed by atoms with van der Waals surface area (Å²) in [5.41, 5.74) is 16.5. The summed E-state index contributed by atoms with van der Waals surface area (Å²) in [5, 5.41) is 0. The highest BCUT2D eigenvalue weighted by molar-refractivity contribution is 5.92. The van der Waals surface area contributed by atoms with Gasteiger partial charge in [0, 0.05) is 28.2 Å². The van der Waals surface area contributed by atoms with Crippen molar-refractivity contribution in [2.24, 2.45) is 0 Å². The summed E-state index contributed by atoms with van der Waals surface area (Å²) in [5.74, 6) is 0.911. The Morgan fingerprint density at radius 1 is 0.480 bits per heavy atom. The summed E-state index contributed by atoms with van der Waals surface area (Å²) in [6.07, 6.45) is 0. The second-order valence-electron chi connectivity index (χ2n) is 13.7. The maximum atomic E-state index is 5.09. The van der Waals surface area contributed by atoms with Gasteiger partial charge in [0.25, 0.3) is 0 Å². The van der Waals surface area contributed by atoms with Crippen molar-refractivity contribution in [2.75, 3.05) is 4.90 Å². The van der Waals surface area contributed by atoms with Gasteiger partial charge in [-0.25, -0.2) is 4.98 Å². The van der Waals surface area contributed by atoms with Gasteiger partial charge in [-0.1, -0.05) is 111 Å². The van der Waals surface area contributed by atoms with Crippen LogP contribution in [0.3, 0.4) is 0 Å². The number of hydrogen-bond donors (Lipinski definition) is 0. The van der Waals surface area contributed by atoms with Crippen molar-refractivity contribution < 1.29 is 0 Å². The second kappa shape index (κ2) is 10.8. The first-order valence-corrected chi connectivity index (χ1v) is 17.2. The Hall–Kier alpha value is -6.39. The Balaban J connectivity index is 1.12. The Kier molecular flexibility index (Phi) is 6.19. The molecule has 0 saturated carbocycles. The number of anilines is 3. The summed E-state index contributed by atoms with van der Waals surface area (Å²) in [6, 6.07) is 61.2. The molecule has 2 aromatic heterocycles. The maximum Gasteiger partial charge on any atom is 0.220 e. The lowest BCUT2D eigenvalue weighted by Crippen LogP contribution is -2.16. The van der Waals surface area contributed by atoms with Crippen LogP contribution in [-0.4, -0.2) is 14.0 Å². The third-order valence-electron chi connectivity index (χ3n) is 10.5. The van der Waals surface area contributed by atoms with Gasteiger partial charge in [0.05, 0.1) is 22.1 Å². The smallest absolute Gasteiger partial charge is 0.220 e.